The van der Waals surface area contributed by atoms with Crippen LogP contribution in [-0.2, 0) is 22.3 Å². The first-order valence-corrected chi connectivity index (χ1v) is 13.0. The monoisotopic (exact) mass is 475 g/mol. The lowest BCUT2D eigenvalue weighted by Crippen LogP contribution is -2.26. The van der Waals surface area contributed by atoms with Gasteiger partial charge < -0.3 is 13.6 Å². The Morgan fingerprint density at radius 2 is 2.06 bits per heavy atom. The standard InChI is InChI=1S/C22H28ClN4O4Si/c1-22(2,3)19(31-32(4)5)20-25-17(14-29-20)12-27-11-16(10-24-27)26-21(28)30-13-15-8-6-7-9-18(15)23/h6-11,14,19H,12-13H2,1-5H3,(H,26,28). The number of hydrogen-bond acceptors (Lipinski definition) is 6. The normalized spacial score (nSPS) is 12.7. The number of carbonyl (C=O) groups is 1. The number of amides is 1. The Morgan fingerprint density at radius 3 is 2.75 bits per heavy atom. The van der Waals surface area contributed by atoms with Crippen LogP contribution in [0.25, 0.3) is 0 Å². The van der Waals surface area contributed by atoms with Crippen LogP contribution in [0.5, 0.6) is 0 Å². The van der Waals surface area contributed by atoms with Crippen molar-refractivity contribution in [1.29, 1.82) is 0 Å². The van der Waals surface area contributed by atoms with E-state index in [-0.39, 0.29) is 18.1 Å². The molecule has 8 nitrogen and oxygen atoms in total. The molecule has 171 valence electrons. The van der Waals surface area contributed by atoms with Crippen LogP contribution in [0.2, 0.25) is 18.1 Å². The molecule has 0 spiro atoms. The molecule has 0 saturated heterocycles. The van der Waals surface area contributed by atoms with E-state index in [1.165, 1.54) is 0 Å². The molecule has 0 aliphatic carbocycles. The topological polar surface area (TPSA) is 91.4 Å². The molecule has 3 rings (SSSR count). The number of aromatic nitrogens is 3. The van der Waals surface area contributed by atoms with Crippen LogP contribution in [0.4, 0.5) is 10.5 Å². The van der Waals surface area contributed by atoms with Crippen LogP contribution in [-0.4, -0.2) is 29.9 Å². The van der Waals surface area contributed by atoms with Gasteiger partial charge in [0.15, 0.2) is 0 Å². The first-order valence-electron chi connectivity index (χ1n) is 10.2. The maximum Gasteiger partial charge on any atom is 0.412 e. The number of hydrogen-bond donors (Lipinski definition) is 1. The van der Waals surface area contributed by atoms with Crippen molar-refractivity contribution in [2.75, 3.05) is 5.32 Å². The zero-order valence-corrected chi connectivity index (χ0v) is 20.6. The van der Waals surface area contributed by atoms with E-state index in [4.69, 9.17) is 25.2 Å². The Kier molecular flexibility index (Phi) is 7.76. The van der Waals surface area contributed by atoms with Gasteiger partial charge in [-0.3, -0.25) is 10.00 Å². The molecular weight excluding hydrogens is 448 g/mol. The molecule has 0 saturated carbocycles. The highest BCUT2D eigenvalue weighted by Crippen LogP contribution is 2.36. The second-order valence-electron chi connectivity index (χ2n) is 8.67. The van der Waals surface area contributed by atoms with Gasteiger partial charge in [-0.2, -0.15) is 5.10 Å². The number of halogens is 1. The van der Waals surface area contributed by atoms with Crippen LogP contribution in [0.15, 0.2) is 47.3 Å². The number of anilines is 1. The van der Waals surface area contributed by atoms with Gasteiger partial charge >= 0.3 is 6.09 Å². The summed E-state index contributed by atoms with van der Waals surface area (Å²) in [6.07, 6.45) is 4.05. The van der Waals surface area contributed by atoms with Crippen LogP contribution < -0.4 is 5.32 Å². The van der Waals surface area contributed by atoms with Gasteiger partial charge in [0.25, 0.3) is 0 Å². The number of nitrogens with zero attached hydrogens (tertiary/aromatic N) is 3. The molecule has 1 unspecified atom stereocenters. The van der Waals surface area contributed by atoms with Crippen molar-refractivity contribution in [3.05, 3.63) is 65.1 Å². The fraction of sp³-hybridized carbons (Fsp3) is 0.409. The molecule has 0 aliphatic rings. The van der Waals surface area contributed by atoms with E-state index in [1.54, 1.807) is 35.5 Å². The summed E-state index contributed by atoms with van der Waals surface area (Å²) in [6.45, 7) is 11.0. The summed E-state index contributed by atoms with van der Waals surface area (Å²) >= 11 is 6.07. The third kappa shape index (κ3) is 6.69. The average Bonchev–Trinajstić information content (AvgIpc) is 3.34. The van der Waals surface area contributed by atoms with Crippen LogP contribution in [0.3, 0.4) is 0 Å². The van der Waals surface area contributed by atoms with E-state index in [9.17, 15) is 4.79 Å². The molecule has 32 heavy (non-hydrogen) atoms. The smallest absolute Gasteiger partial charge is 0.412 e. The number of oxazole rings is 1. The number of benzene rings is 1. The van der Waals surface area contributed by atoms with Crippen molar-refractivity contribution in [2.45, 2.75) is 53.1 Å². The minimum Gasteiger partial charge on any atom is -0.446 e. The number of ether oxygens (including phenoxy) is 1. The molecule has 2 heterocycles. The molecule has 0 aliphatic heterocycles. The van der Waals surface area contributed by atoms with Gasteiger partial charge in [0.1, 0.15) is 24.7 Å². The maximum atomic E-state index is 12.1. The SMILES string of the molecule is C[Si](C)OC(c1nc(Cn2cc(NC(=O)OCc3ccccc3Cl)cn2)co1)C(C)(C)C. The second-order valence-corrected chi connectivity index (χ2v) is 11.1. The maximum absolute atomic E-state index is 12.1. The highest BCUT2D eigenvalue weighted by Gasteiger charge is 2.32. The van der Waals surface area contributed by atoms with Crippen molar-refractivity contribution >= 4 is 32.4 Å². The highest BCUT2D eigenvalue weighted by atomic mass is 35.5. The third-order valence-electron chi connectivity index (χ3n) is 4.45. The summed E-state index contributed by atoms with van der Waals surface area (Å²) in [5.74, 6) is 0.562. The fourth-order valence-corrected chi connectivity index (χ4v) is 4.06. The molecule has 1 aromatic carbocycles. The summed E-state index contributed by atoms with van der Waals surface area (Å²) in [5, 5.41) is 7.47. The van der Waals surface area contributed by atoms with Gasteiger partial charge in [0.2, 0.25) is 14.9 Å². The first kappa shape index (κ1) is 24.0. The van der Waals surface area contributed by atoms with E-state index in [0.29, 0.717) is 23.1 Å². The minimum absolute atomic E-state index is 0.0802. The quantitative estimate of drug-likeness (QED) is 0.421. The van der Waals surface area contributed by atoms with Crippen molar-refractivity contribution in [1.82, 2.24) is 14.8 Å². The molecule has 1 N–H and O–H groups in total. The van der Waals surface area contributed by atoms with E-state index < -0.39 is 15.1 Å². The van der Waals surface area contributed by atoms with Crippen LogP contribution >= 0.6 is 11.6 Å². The second kappa shape index (κ2) is 10.3. The largest absolute Gasteiger partial charge is 0.446 e. The molecule has 1 atom stereocenters. The van der Waals surface area contributed by atoms with Crippen molar-refractivity contribution in [3.63, 3.8) is 0 Å². The van der Waals surface area contributed by atoms with Gasteiger partial charge in [-0.05, 0) is 24.6 Å². The lowest BCUT2D eigenvalue weighted by molar-refractivity contribution is 0.0612. The predicted octanol–water partition coefficient (Wildman–Crippen LogP) is 5.68. The lowest BCUT2D eigenvalue weighted by Gasteiger charge is -2.29. The van der Waals surface area contributed by atoms with E-state index >= 15 is 0 Å². The summed E-state index contributed by atoms with van der Waals surface area (Å²) in [6, 6.07) is 7.21. The molecule has 0 bridgehead atoms. The molecule has 1 amide bonds. The molecular formula is C22H28ClN4O4Si. The van der Waals surface area contributed by atoms with Crippen molar-refractivity contribution in [2.24, 2.45) is 5.41 Å². The predicted molar refractivity (Wildman–Crippen MR) is 124 cm³/mol. The summed E-state index contributed by atoms with van der Waals surface area (Å²) in [5.41, 5.74) is 1.82. The highest BCUT2D eigenvalue weighted by molar-refractivity contribution is 6.48. The molecule has 1 radical (unpaired) electrons. The lowest BCUT2D eigenvalue weighted by atomic mass is 9.89. The van der Waals surface area contributed by atoms with Crippen LogP contribution in [0.1, 0.15) is 44.0 Å². The zero-order valence-electron chi connectivity index (χ0n) is 18.9. The molecule has 2 aromatic heterocycles. The Morgan fingerprint density at radius 1 is 1.31 bits per heavy atom. The van der Waals surface area contributed by atoms with Gasteiger partial charge in [-0.1, -0.05) is 50.6 Å². The Balaban J connectivity index is 1.57. The summed E-state index contributed by atoms with van der Waals surface area (Å²) in [7, 11) is -0.922. The van der Waals surface area contributed by atoms with E-state index in [0.717, 1.165) is 11.3 Å². The third-order valence-corrected chi connectivity index (χ3v) is 5.53. The summed E-state index contributed by atoms with van der Waals surface area (Å²) < 4.78 is 18.7. The molecule has 0 fully saturated rings. The Labute approximate surface area is 194 Å². The van der Waals surface area contributed by atoms with Crippen LogP contribution in [0, 0.1) is 5.41 Å². The van der Waals surface area contributed by atoms with Crippen molar-refractivity contribution in [3.8, 4) is 0 Å². The van der Waals surface area contributed by atoms with Crippen molar-refractivity contribution < 1.29 is 18.4 Å². The van der Waals surface area contributed by atoms with Gasteiger partial charge in [-0.25, -0.2) is 9.78 Å². The Hall–Kier alpha value is -2.62. The van der Waals surface area contributed by atoms with E-state index in [2.05, 4.69) is 49.3 Å². The number of carbonyl (C=O) groups excluding carboxylic acids is 1. The minimum atomic E-state index is -0.922. The average molecular weight is 476 g/mol. The Bertz CT molecular complexity index is 1040. The zero-order chi connectivity index (χ0) is 23.3. The number of nitrogens with one attached hydrogen (secondary N) is 1. The summed E-state index contributed by atoms with van der Waals surface area (Å²) in [4.78, 5) is 16.7. The fourth-order valence-electron chi connectivity index (χ4n) is 2.94. The van der Waals surface area contributed by atoms with Gasteiger partial charge in [0.05, 0.1) is 18.4 Å². The van der Waals surface area contributed by atoms with E-state index in [1.807, 2.05) is 12.1 Å². The van der Waals surface area contributed by atoms with Gasteiger partial charge in [-0.15, -0.1) is 0 Å². The first-order chi connectivity index (χ1) is 15.1. The molecule has 3 aromatic rings. The number of rotatable bonds is 8. The van der Waals surface area contributed by atoms with Gasteiger partial charge in [0, 0.05) is 16.8 Å². The molecule has 10 heteroatoms.